The molecule has 5 nitrogen and oxygen atoms in total. The van der Waals surface area contributed by atoms with E-state index in [9.17, 15) is 9.59 Å². The number of allylic oxidation sites excluding steroid dienone is 2. The molecule has 1 aliphatic heterocycles. The second-order valence-corrected chi connectivity index (χ2v) is 15.1. The summed E-state index contributed by atoms with van der Waals surface area (Å²) in [6.07, 6.45) is 7.29. The van der Waals surface area contributed by atoms with Crippen LogP contribution in [0.4, 0.5) is 4.79 Å². The minimum atomic E-state index is -1.91. The van der Waals surface area contributed by atoms with Crippen molar-refractivity contribution in [2.24, 2.45) is 17.8 Å². The average molecular weight is 472 g/mol. The molecule has 0 aliphatic carbocycles. The zero-order valence-corrected chi connectivity index (χ0v) is 22.5. The van der Waals surface area contributed by atoms with Gasteiger partial charge >= 0.3 is 6.09 Å². The highest BCUT2D eigenvalue weighted by molar-refractivity contribution is 6.74. The zero-order valence-electron chi connectivity index (χ0n) is 21.5. The molecule has 0 radical (unpaired) electrons. The lowest BCUT2D eigenvalue weighted by molar-refractivity contribution is -0.124. The molecule has 6 heteroatoms. The van der Waals surface area contributed by atoms with Crippen LogP contribution >= 0.6 is 0 Å². The molecule has 2 amide bonds. The van der Waals surface area contributed by atoms with Crippen LogP contribution in [0.25, 0.3) is 0 Å². The maximum Gasteiger partial charge on any atom is 0.417 e. The van der Waals surface area contributed by atoms with Crippen molar-refractivity contribution in [3.05, 3.63) is 60.4 Å². The van der Waals surface area contributed by atoms with Crippen LogP contribution in [0.3, 0.4) is 0 Å². The van der Waals surface area contributed by atoms with Crippen LogP contribution in [-0.2, 0) is 20.4 Å². The van der Waals surface area contributed by atoms with Crippen LogP contribution in [0.5, 0.6) is 0 Å². The van der Waals surface area contributed by atoms with E-state index in [4.69, 9.17) is 9.16 Å². The number of carbonyl (C=O) groups is 2. The van der Waals surface area contributed by atoms with Crippen LogP contribution in [-0.4, -0.2) is 37.9 Å². The van der Waals surface area contributed by atoms with Gasteiger partial charge < -0.3 is 9.16 Å². The SMILES string of the molecule is CC(C)C(C)(C)[Si](C)(C)O/C=C\[C@@H](C)[C@@H](C)/C=C/C(=O)N1C(=O)OC[C@@H]1Cc1ccccc1. The standard InChI is InChI=1S/C27H41NO4Si/c1-20(2)27(5,6)33(7,8)32-17-16-22(4)21(3)14-15-25(29)28-24(19-31-26(28)30)18-23-12-10-9-11-13-23/h9-17,20-22,24H,18-19H2,1-8H3/b15-14+,17-16-/t21-,22+,24-/m0/s1. The van der Waals surface area contributed by atoms with E-state index in [1.54, 1.807) is 0 Å². The number of ether oxygens (including phenoxy) is 1. The zero-order chi connectivity index (χ0) is 24.8. The van der Waals surface area contributed by atoms with E-state index in [1.165, 1.54) is 11.0 Å². The Balaban J connectivity index is 1.96. The molecule has 33 heavy (non-hydrogen) atoms. The van der Waals surface area contributed by atoms with E-state index < -0.39 is 14.4 Å². The number of amides is 2. The fraction of sp³-hybridized carbons (Fsp3) is 0.556. The number of benzene rings is 1. The molecule has 2 rings (SSSR count). The van der Waals surface area contributed by atoms with Gasteiger partial charge in [-0.05, 0) is 60.0 Å². The first-order chi connectivity index (χ1) is 15.4. The summed E-state index contributed by atoms with van der Waals surface area (Å²) >= 11 is 0. The molecule has 1 saturated heterocycles. The van der Waals surface area contributed by atoms with Gasteiger partial charge in [0.1, 0.15) is 6.61 Å². The number of carbonyl (C=O) groups excluding carboxylic acids is 2. The number of hydrogen-bond acceptors (Lipinski definition) is 4. The smallest absolute Gasteiger partial charge is 0.417 e. The highest BCUT2D eigenvalue weighted by Crippen LogP contribution is 2.44. The fourth-order valence-corrected chi connectivity index (χ4v) is 5.73. The maximum absolute atomic E-state index is 12.8. The summed E-state index contributed by atoms with van der Waals surface area (Å²) in [6, 6.07) is 9.55. The van der Waals surface area contributed by atoms with Gasteiger partial charge in [0.25, 0.3) is 5.91 Å². The molecule has 1 aliphatic rings. The lowest BCUT2D eigenvalue weighted by Crippen LogP contribution is -2.43. The van der Waals surface area contributed by atoms with E-state index >= 15 is 0 Å². The average Bonchev–Trinajstić information content (AvgIpc) is 3.11. The molecule has 1 heterocycles. The Morgan fingerprint density at radius 1 is 1.15 bits per heavy atom. The van der Waals surface area contributed by atoms with E-state index in [1.807, 2.05) is 42.7 Å². The van der Waals surface area contributed by atoms with Crippen molar-refractivity contribution >= 4 is 20.3 Å². The molecule has 182 valence electrons. The molecule has 3 atom stereocenters. The van der Waals surface area contributed by atoms with Gasteiger partial charge in [-0.25, -0.2) is 9.69 Å². The first-order valence-electron chi connectivity index (χ1n) is 11.9. The van der Waals surface area contributed by atoms with Crippen LogP contribution in [0, 0.1) is 17.8 Å². The van der Waals surface area contributed by atoms with Crippen molar-refractivity contribution in [1.29, 1.82) is 0 Å². The fourth-order valence-electron chi connectivity index (χ4n) is 3.61. The minimum Gasteiger partial charge on any atom is -0.549 e. The van der Waals surface area contributed by atoms with Crippen molar-refractivity contribution in [2.75, 3.05) is 6.61 Å². The van der Waals surface area contributed by atoms with Gasteiger partial charge in [-0.3, -0.25) is 4.79 Å². The molecule has 1 fully saturated rings. The van der Waals surface area contributed by atoms with E-state index in [-0.39, 0.29) is 35.4 Å². The topological polar surface area (TPSA) is 55.8 Å². The van der Waals surface area contributed by atoms with Gasteiger partial charge in [0.15, 0.2) is 0 Å². The van der Waals surface area contributed by atoms with Crippen molar-refractivity contribution < 1.29 is 18.8 Å². The molecule has 0 bridgehead atoms. The lowest BCUT2D eigenvalue weighted by atomic mass is 9.95. The van der Waals surface area contributed by atoms with Crippen molar-refractivity contribution in [2.45, 2.75) is 72.1 Å². The molecule has 1 aromatic rings. The molecular weight excluding hydrogens is 430 g/mol. The van der Waals surface area contributed by atoms with Crippen LogP contribution in [0.15, 0.2) is 54.8 Å². The lowest BCUT2D eigenvalue weighted by Gasteiger charge is -2.41. The third-order valence-electron chi connectivity index (χ3n) is 7.62. The van der Waals surface area contributed by atoms with Gasteiger partial charge in [0, 0.05) is 0 Å². The molecule has 0 spiro atoms. The first kappa shape index (κ1) is 26.9. The first-order valence-corrected chi connectivity index (χ1v) is 14.8. The Morgan fingerprint density at radius 3 is 2.36 bits per heavy atom. The van der Waals surface area contributed by atoms with Crippen molar-refractivity contribution in [1.82, 2.24) is 4.90 Å². The van der Waals surface area contributed by atoms with Gasteiger partial charge in [-0.15, -0.1) is 0 Å². The monoisotopic (exact) mass is 471 g/mol. The molecule has 0 aromatic heterocycles. The highest BCUT2D eigenvalue weighted by atomic mass is 28.4. The highest BCUT2D eigenvalue weighted by Gasteiger charge is 2.44. The third kappa shape index (κ3) is 6.82. The second kappa shape index (κ2) is 11.2. The number of rotatable bonds is 10. The molecule has 0 N–H and O–H groups in total. The van der Waals surface area contributed by atoms with Gasteiger partial charge in [-0.1, -0.05) is 78.0 Å². The second-order valence-electron chi connectivity index (χ2n) is 10.5. The Bertz CT molecular complexity index is 860. The molecule has 0 saturated carbocycles. The van der Waals surface area contributed by atoms with E-state index in [0.29, 0.717) is 12.3 Å². The Hall–Kier alpha value is -2.34. The van der Waals surface area contributed by atoms with Crippen molar-refractivity contribution in [3.8, 4) is 0 Å². The minimum absolute atomic E-state index is 0.114. The van der Waals surface area contributed by atoms with Gasteiger partial charge in [-0.2, -0.15) is 0 Å². The van der Waals surface area contributed by atoms with Crippen LogP contribution < -0.4 is 0 Å². The van der Waals surface area contributed by atoms with Gasteiger partial charge in [0.2, 0.25) is 8.32 Å². The maximum atomic E-state index is 12.8. The summed E-state index contributed by atoms with van der Waals surface area (Å²) in [4.78, 5) is 26.2. The molecular formula is C27H41NO4Si. The number of imide groups is 1. The summed E-state index contributed by atoms with van der Waals surface area (Å²) in [6.45, 7) is 18.0. The molecule has 0 unspecified atom stereocenters. The van der Waals surface area contributed by atoms with Crippen LogP contribution in [0.2, 0.25) is 18.1 Å². The summed E-state index contributed by atoms with van der Waals surface area (Å²) in [5, 5.41) is 0.152. The van der Waals surface area contributed by atoms with Gasteiger partial charge in [0.05, 0.1) is 12.3 Å². The summed E-state index contributed by atoms with van der Waals surface area (Å²) < 4.78 is 11.4. The van der Waals surface area contributed by atoms with E-state index in [2.05, 4.69) is 60.7 Å². The normalized spacial score (nSPS) is 19.4. The summed E-state index contributed by atoms with van der Waals surface area (Å²) in [7, 11) is -1.91. The Kier molecular flexibility index (Phi) is 9.12. The van der Waals surface area contributed by atoms with Crippen molar-refractivity contribution in [3.63, 3.8) is 0 Å². The number of cyclic esters (lactones) is 1. The predicted octanol–water partition coefficient (Wildman–Crippen LogP) is 6.58. The summed E-state index contributed by atoms with van der Waals surface area (Å²) in [5.74, 6) is 0.514. The number of nitrogens with zero attached hydrogens (tertiary/aromatic N) is 1. The van der Waals surface area contributed by atoms with E-state index in [0.717, 1.165) is 5.56 Å². The number of hydrogen-bond donors (Lipinski definition) is 0. The van der Waals surface area contributed by atoms with Crippen LogP contribution in [0.1, 0.15) is 47.1 Å². The third-order valence-corrected chi connectivity index (χ3v) is 12.0. The largest absolute Gasteiger partial charge is 0.549 e. The quantitative estimate of drug-likeness (QED) is 0.220. The Morgan fingerprint density at radius 2 is 1.76 bits per heavy atom. The summed E-state index contributed by atoms with van der Waals surface area (Å²) in [5.41, 5.74) is 1.07. The predicted molar refractivity (Wildman–Crippen MR) is 136 cm³/mol. The molecule has 1 aromatic carbocycles. The Labute approximate surface area is 201 Å².